The van der Waals surface area contributed by atoms with E-state index < -0.39 is 12.0 Å². The van der Waals surface area contributed by atoms with Gasteiger partial charge < -0.3 is 15.3 Å². The standard InChI is InChI=1S/C20H30N2O4/c1-13(2)17-6-8-18(9-7-17)14(3)12-19(24)22(15(4)20(25)26)11-10-21-16(5)23/h6-9,13-15H,10-12H2,1-5H3,(H,21,23)(H,25,26). The minimum absolute atomic E-state index is 0.0204. The van der Waals surface area contributed by atoms with Crippen molar-refractivity contribution < 1.29 is 19.5 Å². The van der Waals surface area contributed by atoms with Gasteiger partial charge in [-0.25, -0.2) is 4.79 Å². The maximum atomic E-state index is 12.7. The van der Waals surface area contributed by atoms with Crippen LogP contribution in [0, 0.1) is 0 Å². The van der Waals surface area contributed by atoms with Crippen molar-refractivity contribution in [1.82, 2.24) is 10.2 Å². The third-order valence-electron chi connectivity index (χ3n) is 4.52. The summed E-state index contributed by atoms with van der Waals surface area (Å²) in [5.74, 6) is -1.07. The molecule has 1 aromatic carbocycles. The molecule has 0 fully saturated rings. The van der Waals surface area contributed by atoms with E-state index in [1.54, 1.807) is 0 Å². The average molecular weight is 362 g/mol. The van der Waals surface area contributed by atoms with Crippen LogP contribution < -0.4 is 5.32 Å². The van der Waals surface area contributed by atoms with Gasteiger partial charge in [0.1, 0.15) is 6.04 Å². The Hall–Kier alpha value is -2.37. The molecule has 0 radical (unpaired) electrons. The number of rotatable bonds is 9. The van der Waals surface area contributed by atoms with E-state index in [9.17, 15) is 19.5 Å². The quantitative estimate of drug-likeness (QED) is 0.707. The van der Waals surface area contributed by atoms with Crippen molar-refractivity contribution in [2.45, 2.75) is 58.9 Å². The first kappa shape index (κ1) is 21.7. The number of benzene rings is 1. The van der Waals surface area contributed by atoms with Gasteiger partial charge in [0.15, 0.2) is 0 Å². The number of hydrogen-bond acceptors (Lipinski definition) is 3. The predicted molar refractivity (Wildman–Crippen MR) is 101 cm³/mol. The summed E-state index contributed by atoms with van der Waals surface area (Å²) in [4.78, 5) is 36.3. The molecule has 0 aliphatic heterocycles. The number of amides is 2. The SMILES string of the molecule is CC(=O)NCCN(C(=O)CC(C)c1ccc(C(C)C)cc1)C(C)C(=O)O. The van der Waals surface area contributed by atoms with Gasteiger partial charge >= 0.3 is 5.97 Å². The van der Waals surface area contributed by atoms with Gasteiger partial charge in [-0.3, -0.25) is 9.59 Å². The summed E-state index contributed by atoms with van der Waals surface area (Å²) in [6, 6.07) is 7.24. The van der Waals surface area contributed by atoms with Gasteiger partial charge in [-0.2, -0.15) is 0 Å². The second-order valence-corrected chi connectivity index (χ2v) is 7.01. The molecule has 26 heavy (non-hydrogen) atoms. The molecule has 0 aromatic heterocycles. The molecule has 0 bridgehead atoms. The molecule has 2 N–H and O–H groups in total. The summed E-state index contributed by atoms with van der Waals surface area (Å²) in [7, 11) is 0. The molecule has 0 spiro atoms. The van der Waals surface area contributed by atoms with Gasteiger partial charge in [-0.15, -0.1) is 0 Å². The van der Waals surface area contributed by atoms with E-state index in [0.717, 1.165) is 5.56 Å². The molecule has 144 valence electrons. The zero-order chi connectivity index (χ0) is 19.9. The van der Waals surface area contributed by atoms with Crippen LogP contribution in [0.3, 0.4) is 0 Å². The van der Waals surface area contributed by atoms with Crippen molar-refractivity contribution in [3.63, 3.8) is 0 Å². The van der Waals surface area contributed by atoms with E-state index in [-0.39, 0.29) is 37.2 Å². The fraction of sp³-hybridized carbons (Fsp3) is 0.550. The number of hydrogen-bond donors (Lipinski definition) is 2. The second kappa shape index (κ2) is 9.94. The van der Waals surface area contributed by atoms with E-state index in [1.807, 2.05) is 19.1 Å². The van der Waals surface area contributed by atoms with Crippen LogP contribution in [-0.2, 0) is 14.4 Å². The smallest absolute Gasteiger partial charge is 0.326 e. The zero-order valence-electron chi connectivity index (χ0n) is 16.3. The molecule has 2 unspecified atom stereocenters. The van der Waals surface area contributed by atoms with Gasteiger partial charge in [0.25, 0.3) is 0 Å². The maximum Gasteiger partial charge on any atom is 0.326 e. The summed E-state index contributed by atoms with van der Waals surface area (Å²) < 4.78 is 0. The lowest BCUT2D eigenvalue weighted by Crippen LogP contribution is -2.47. The molecule has 0 aliphatic carbocycles. The first-order valence-electron chi connectivity index (χ1n) is 9.00. The van der Waals surface area contributed by atoms with Crippen LogP contribution in [0.25, 0.3) is 0 Å². The number of carbonyl (C=O) groups excluding carboxylic acids is 2. The summed E-state index contributed by atoms with van der Waals surface area (Å²) in [5, 5.41) is 11.9. The van der Waals surface area contributed by atoms with Gasteiger partial charge in [-0.1, -0.05) is 45.0 Å². The molecular weight excluding hydrogens is 332 g/mol. The van der Waals surface area contributed by atoms with E-state index >= 15 is 0 Å². The monoisotopic (exact) mass is 362 g/mol. The van der Waals surface area contributed by atoms with Crippen LogP contribution >= 0.6 is 0 Å². The Morgan fingerprint density at radius 2 is 1.58 bits per heavy atom. The number of nitrogens with one attached hydrogen (secondary N) is 1. The predicted octanol–water partition coefficient (Wildman–Crippen LogP) is 2.74. The average Bonchev–Trinajstić information content (AvgIpc) is 2.57. The Balaban J connectivity index is 2.79. The normalized spacial score (nSPS) is 13.2. The third-order valence-corrected chi connectivity index (χ3v) is 4.52. The summed E-state index contributed by atoms with van der Waals surface area (Å²) in [6.45, 7) is 9.48. The van der Waals surface area contributed by atoms with Gasteiger partial charge in [0.05, 0.1) is 0 Å². The Kier molecular flexibility index (Phi) is 8.29. The molecule has 0 aliphatic rings. The first-order chi connectivity index (χ1) is 12.1. The van der Waals surface area contributed by atoms with Crippen molar-refractivity contribution in [1.29, 1.82) is 0 Å². The minimum atomic E-state index is -1.06. The highest BCUT2D eigenvalue weighted by atomic mass is 16.4. The maximum absolute atomic E-state index is 12.7. The van der Waals surface area contributed by atoms with Crippen molar-refractivity contribution in [3.05, 3.63) is 35.4 Å². The van der Waals surface area contributed by atoms with Gasteiger partial charge in [-0.05, 0) is 29.9 Å². The summed E-state index contributed by atoms with van der Waals surface area (Å²) >= 11 is 0. The van der Waals surface area contributed by atoms with E-state index in [2.05, 4.69) is 31.3 Å². The molecule has 1 rings (SSSR count). The zero-order valence-corrected chi connectivity index (χ0v) is 16.3. The molecule has 2 amide bonds. The van der Waals surface area contributed by atoms with Crippen molar-refractivity contribution >= 4 is 17.8 Å². The number of aliphatic carboxylic acids is 1. The van der Waals surface area contributed by atoms with Crippen molar-refractivity contribution in [2.75, 3.05) is 13.1 Å². The minimum Gasteiger partial charge on any atom is -0.480 e. The largest absolute Gasteiger partial charge is 0.480 e. The molecule has 2 atom stereocenters. The number of carbonyl (C=O) groups is 3. The van der Waals surface area contributed by atoms with Crippen LogP contribution in [0.5, 0.6) is 0 Å². The van der Waals surface area contributed by atoms with Crippen LogP contribution in [0.4, 0.5) is 0 Å². The molecular formula is C20H30N2O4. The van der Waals surface area contributed by atoms with Crippen molar-refractivity contribution in [2.24, 2.45) is 0 Å². The highest BCUT2D eigenvalue weighted by Gasteiger charge is 2.26. The van der Waals surface area contributed by atoms with Crippen LogP contribution in [0.15, 0.2) is 24.3 Å². The summed E-state index contributed by atoms with van der Waals surface area (Å²) in [5.41, 5.74) is 2.29. The van der Waals surface area contributed by atoms with Gasteiger partial charge in [0, 0.05) is 26.4 Å². The van der Waals surface area contributed by atoms with Gasteiger partial charge in [0.2, 0.25) is 11.8 Å². The summed E-state index contributed by atoms with van der Waals surface area (Å²) in [6.07, 6.45) is 0.221. The Morgan fingerprint density at radius 1 is 1.04 bits per heavy atom. The lowest BCUT2D eigenvalue weighted by atomic mass is 9.94. The fourth-order valence-electron chi connectivity index (χ4n) is 2.73. The molecule has 0 saturated heterocycles. The number of nitrogens with zero attached hydrogens (tertiary/aromatic N) is 1. The highest BCUT2D eigenvalue weighted by molar-refractivity contribution is 5.84. The third kappa shape index (κ3) is 6.50. The highest BCUT2D eigenvalue weighted by Crippen LogP contribution is 2.23. The lowest BCUT2D eigenvalue weighted by Gasteiger charge is -2.28. The molecule has 6 heteroatoms. The lowest BCUT2D eigenvalue weighted by molar-refractivity contribution is -0.149. The van der Waals surface area contributed by atoms with Crippen LogP contribution in [0.1, 0.15) is 64.0 Å². The molecule has 0 saturated carbocycles. The van der Waals surface area contributed by atoms with E-state index in [1.165, 1.54) is 24.3 Å². The van der Waals surface area contributed by atoms with E-state index in [4.69, 9.17) is 0 Å². The Labute approximate surface area is 155 Å². The molecule has 6 nitrogen and oxygen atoms in total. The number of carboxylic acid groups (broad SMARTS) is 1. The van der Waals surface area contributed by atoms with Crippen LogP contribution in [0.2, 0.25) is 0 Å². The van der Waals surface area contributed by atoms with E-state index in [0.29, 0.717) is 5.92 Å². The first-order valence-corrected chi connectivity index (χ1v) is 9.00. The fourth-order valence-corrected chi connectivity index (χ4v) is 2.73. The molecule has 0 heterocycles. The number of carboxylic acids is 1. The topological polar surface area (TPSA) is 86.7 Å². The van der Waals surface area contributed by atoms with Crippen molar-refractivity contribution in [3.8, 4) is 0 Å². The van der Waals surface area contributed by atoms with Crippen LogP contribution in [-0.4, -0.2) is 46.9 Å². The Morgan fingerprint density at radius 3 is 2.04 bits per heavy atom. The second-order valence-electron chi connectivity index (χ2n) is 7.01. The molecule has 1 aromatic rings. The Bertz CT molecular complexity index is 625.